The van der Waals surface area contributed by atoms with Crippen LogP contribution in [0.3, 0.4) is 0 Å². The molecule has 2 aliphatic carbocycles. The molecule has 3 unspecified atom stereocenters. The fourth-order valence-electron chi connectivity index (χ4n) is 5.11. The van der Waals surface area contributed by atoms with E-state index in [0.717, 1.165) is 24.8 Å². The number of amides is 1. The van der Waals surface area contributed by atoms with E-state index in [2.05, 4.69) is 17.5 Å². The Bertz CT molecular complexity index is 838. The molecule has 5 atom stereocenters. The molecule has 1 aromatic carbocycles. The summed E-state index contributed by atoms with van der Waals surface area (Å²) in [5.74, 6) is 1.71. The average molecular weight is 452 g/mol. The van der Waals surface area contributed by atoms with Crippen molar-refractivity contribution >= 4 is 24.9 Å². The maximum atomic E-state index is 12.9. The molecule has 2 N–H and O–H groups in total. The number of aryl methyl sites for hydroxylation is 1. The summed E-state index contributed by atoms with van der Waals surface area (Å²) in [6.07, 6.45) is 10.9. The lowest BCUT2D eigenvalue weighted by molar-refractivity contribution is 0.0900. The molecule has 2 bridgehead atoms. The molecule has 6 heteroatoms. The molecule has 166 valence electrons. The predicted octanol–water partition coefficient (Wildman–Crippen LogP) is 6.20. The molecule has 3 rings (SSSR count). The van der Waals surface area contributed by atoms with Crippen molar-refractivity contribution in [2.75, 3.05) is 6.16 Å². The summed E-state index contributed by atoms with van der Waals surface area (Å²) in [5, 5.41) is 3.91. The van der Waals surface area contributed by atoms with Gasteiger partial charge in [-0.3, -0.25) is 9.36 Å². The highest BCUT2D eigenvalue weighted by atomic mass is 35.5. The number of nitrogens with one attached hydrogen (secondary N) is 1. The zero-order valence-corrected chi connectivity index (χ0v) is 20.0. The Labute approximate surface area is 185 Å². The summed E-state index contributed by atoms with van der Waals surface area (Å²) in [7, 11) is -3.00. The van der Waals surface area contributed by atoms with Crippen molar-refractivity contribution in [2.45, 2.75) is 71.0 Å². The Balaban J connectivity index is 1.55. The smallest absolute Gasteiger partial charge is 0.251 e. The first-order valence-electron chi connectivity index (χ1n) is 11.2. The lowest BCUT2D eigenvalue weighted by Crippen LogP contribution is -2.44. The van der Waals surface area contributed by atoms with E-state index in [9.17, 15) is 14.3 Å². The van der Waals surface area contributed by atoms with Crippen molar-refractivity contribution in [2.24, 2.45) is 17.8 Å². The molecular weight excluding hydrogens is 417 g/mol. The number of carbonyl (C=O) groups is 1. The first kappa shape index (κ1) is 23.6. The molecule has 2 saturated carbocycles. The fourth-order valence-corrected chi connectivity index (χ4v) is 6.43. The van der Waals surface area contributed by atoms with Gasteiger partial charge in [-0.1, -0.05) is 43.7 Å². The van der Waals surface area contributed by atoms with Gasteiger partial charge in [-0.05, 0) is 80.9 Å². The largest absolute Gasteiger partial charge is 0.349 e. The first-order chi connectivity index (χ1) is 14.2. The van der Waals surface area contributed by atoms with E-state index in [4.69, 9.17) is 11.6 Å². The number of benzene rings is 1. The van der Waals surface area contributed by atoms with Crippen molar-refractivity contribution in [3.63, 3.8) is 0 Å². The second-order valence-corrected chi connectivity index (χ2v) is 12.8. The molecule has 0 radical (unpaired) electrons. The third kappa shape index (κ3) is 5.58. The maximum Gasteiger partial charge on any atom is 0.251 e. The molecular formula is C24H35ClNO3P. The van der Waals surface area contributed by atoms with Crippen LogP contribution in [0.1, 0.15) is 68.3 Å². The van der Waals surface area contributed by atoms with Crippen molar-refractivity contribution in [3.05, 3.63) is 46.5 Å². The molecule has 1 amide bonds. The minimum absolute atomic E-state index is 0.0195. The number of hydrogen-bond acceptors (Lipinski definition) is 2. The second-order valence-electron chi connectivity index (χ2n) is 9.38. The highest BCUT2D eigenvalue weighted by Crippen LogP contribution is 2.50. The van der Waals surface area contributed by atoms with Gasteiger partial charge in [0.2, 0.25) is 7.37 Å². The number of fused-ring (bicyclic) bond motifs is 2. The van der Waals surface area contributed by atoms with Crippen LogP contribution in [0.4, 0.5) is 0 Å². The Morgan fingerprint density at radius 1 is 1.30 bits per heavy atom. The Hall–Kier alpha value is -1.09. The van der Waals surface area contributed by atoms with Crippen molar-refractivity contribution in [1.82, 2.24) is 5.32 Å². The molecule has 0 spiro atoms. The monoisotopic (exact) mass is 451 g/mol. The van der Waals surface area contributed by atoms with Gasteiger partial charge in [-0.2, -0.15) is 0 Å². The highest BCUT2D eigenvalue weighted by Gasteiger charge is 2.47. The van der Waals surface area contributed by atoms with Crippen molar-refractivity contribution in [3.8, 4) is 0 Å². The molecule has 30 heavy (non-hydrogen) atoms. The number of unbranched alkanes of at least 4 members (excludes halogenated alkanes) is 1. The number of allylic oxidation sites excluding steroid dienone is 2. The van der Waals surface area contributed by atoms with E-state index >= 15 is 0 Å². The number of hydrogen-bond donors (Lipinski definition) is 2. The summed E-state index contributed by atoms with van der Waals surface area (Å²) >= 11 is 6.10. The van der Waals surface area contributed by atoms with Gasteiger partial charge >= 0.3 is 0 Å². The van der Waals surface area contributed by atoms with Crippen LogP contribution < -0.4 is 5.32 Å². The summed E-state index contributed by atoms with van der Waals surface area (Å²) in [6.45, 7) is 5.56. The standard InChI is InChI=1S/C24H35ClNO3P/c1-16(2)30(28,29)13-7-5-4-6-8-21-18-10-11-19(14-18)23(21)26-24(27)22-15-20(25)12-9-17(22)3/h4,6,9,12,15-16,18-19,21,23H,5,7-8,10-11,13-14H2,1-3H3,(H,26,27)(H,28,29)/b6-4-/t18-,19+,21?,23?/m1/s1. The Morgan fingerprint density at radius 3 is 2.77 bits per heavy atom. The molecule has 0 saturated heterocycles. The van der Waals surface area contributed by atoms with Crippen LogP contribution in [0.2, 0.25) is 5.02 Å². The first-order valence-corrected chi connectivity index (χ1v) is 13.5. The third-order valence-corrected chi connectivity index (χ3v) is 9.87. The van der Waals surface area contributed by atoms with Crippen LogP contribution in [-0.4, -0.2) is 28.7 Å². The number of halogens is 1. The number of rotatable bonds is 9. The average Bonchev–Trinajstić information content (AvgIpc) is 3.28. The van der Waals surface area contributed by atoms with Gasteiger partial charge in [-0.15, -0.1) is 0 Å². The van der Waals surface area contributed by atoms with Gasteiger partial charge < -0.3 is 10.2 Å². The summed E-state index contributed by atoms with van der Waals surface area (Å²) in [5.41, 5.74) is 1.44. The fraction of sp³-hybridized carbons (Fsp3) is 0.625. The molecule has 0 aliphatic heterocycles. The topological polar surface area (TPSA) is 66.4 Å². The Morgan fingerprint density at radius 2 is 2.03 bits per heavy atom. The van der Waals surface area contributed by atoms with E-state index in [0.29, 0.717) is 34.5 Å². The minimum atomic E-state index is -3.00. The van der Waals surface area contributed by atoms with E-state index in [1.54, 1.807) is 6.07 Å². The van der Waals surface area contributed by atoms with Crippen LogP contribution in [0.25, 0.3) is 0 Å². The maximum absolute atomic E-state index is 12.9. The summed E-state index contributed by atoms with van der Waals surface area (Å²) < 4.78 is 12.0. The van der Waals surface area contributed by atoms with Gasteiger partial charge in [-0.25, -0.2) is 0 Å². The third-order valence-electron chi connectivity index (χ3n) is 7.06. The van der Waals surface area contributed by atoms with Crippen LogP contribution in [0.5, 0.6) is 0 Å². The van der Waals surface area contributed by atoms with Gasteiger partial charge in [0.15, 0.2) is 0 Å². The highest BCUT2D eigenvalue weighted by molar-refractivity contribution is 7.58. The molecule has 2 fully saturated rings. The van der Waals surface area contributed by atoms with Crippen LogP contribution in [-0.2, 0) is 4.57 Å². The summed E-state index contributed by atoms with van der Waals surface area (Å²) in [4.78, 5) is 22.8. The van der Waals surface area contributed by atoms with Crippen molar-refractivity contribution < 1.29 is 14.3 Å². The van der Waals surface area contributed by atoms with E-state index < -0.39 is 7.37 Å². The summed E-state index contributed by atoms with van der Waals surface area (Å²) in [6, 6.07) is 5.68. The molecule has 0 heterocycles. The van der Waals surface area contributed by atoms with Crippen LogP contribution in [0.15, 0.2) is 30.4 Å². The van der Waals surface area contributed by atoms with E-state index in [1.165, 1.54) is 19.3 Å². The van der Waals surface area contributed by atoms with Gasteiger partial charge in [0, 0.05) is 28.4 Å². The molecule has 1 aromatic rings. The SMILES string of the molecule is Cc1ccc(Cl)cc1C(=O)NC1C(C/C=C\CCCP(=O)(O)C(C)C)[C@@H]2CC[C@H]1C2. The minimum Gasteiger partial charge on any atom is -0.349 e. The molecule has 0 aromatic heterocycles. The van der Waals surface area contributed by atoms with Crippen molar-refractivity contribution in [1.29, 1.82) is 0 Å². The lowest BCUT2D eigenvalue weighted by Gasteiger charge is -2.31. The van der Waals surface area contributed by atoms with Gasteiger partial charge in [0.05, 0.1) is 0 Å². The predicted molar refractivity (Wildman–Crippen MR) is 125 cm³/mol. The zero-order valence-electron chi connectivity index (χ0n) is 18.3. The van der Waals surface area contributed by atoms with E-state index in [-0.39, 0.29) is 17.6 Å². The van der Waals surface area contributed by atoms with Gasteiger partial charge in [0.1, 0.15) is 0 Å². The van der Waals surface area contributed by atoms with Gasteiger partial charge in [0.25, 0.3) is 5.91 Å². The van der Waals surface area contributed by atoms with Crippen LogP contribution in [0, 0.1) is 24.7 Å². The quantitative estimate of drug-likeness (QED) is 0.267. The molecule has 2 aliphatic rings. The Kier molecular flexibility index (Phi) is 7.87. The van der Waals surface area contributed by atoms with Crippen LogP contribution >= 0.6 is 19.0 Å². The normalized spacial score (nSPS) is 27.7. The lowest BCUT2D eigenvalue weighted by atomic mass is 9.82. The van der Waals surface area contributed by atoms with E-state index in [1.807, 2.05) is 32.9 Å². The zero-order chi connectivity index (χ0) is 21.9. The number of carbonyl (C=O) groups excluding carboxylic acids is 1. The second kappa shape index (κ2) is 10.0. The molecule has 4 nitrogen and oxygen atoms in total.